The molecule has 1 aromatic heterocycles. The zero-order chi connectivity index (χ0) is 6.85. The second-order valence-corrected chi connectivity index (χ2v) is 3.16. The largest absolute Gasteiger partial charge is 0.192 e. The standard InChI is InChI=1S/C7H8NP/c1-5-4-9-7(3-8)6(5)2/h4,9H,1-2H3. The van der Waals surface area contributed by atoms with E-state index in [0.717, 1.165) is 5.30 Å². The van der Waals surface area contributed by atoms with Gasteiger partial charge in [-0.15, -0.1) is 8.19 Å². The molecule has 9 heavy (non-hydrogen) atoms. The molecule has 0 aliphatic heterocycles. The maximum atomic E-state index is 8.52. The molecular formula is C7H8NP. The van der Waals surface area contributed by atoms with Crippen molar-refractivity contribution in [1.29, 1.82) is 5.26 Å². The number of nitrogens with zero attached hydrogens (tertiary/aromatic N) is 1. The number of nitriles is 1. The normalized spacial score (nSPS) is 9.89. The Morgan fingerprint density at radius 3 is 2.44 bits per heavy atom. The average molecular weight is 137 g/mol. The molecule has 0 N–H and O–H groups in total. The van der Waals surface area contributed by atoms with Crippen LogP contribution in [0.4, 0.5) is 0 Å². The molecule has 1 nitrogen and oxygen atoms in total. The lowest BCUT2D eigenvalue weighted by atomic mass is 10.2. The summed E-state index contributed by atoms with van der Waals surface area (Å²) in [5.41, 5.74) is 2.45. The van der Waals surface area contributed by atoms with E-state index in [1.54, 1.807) is 0 Å². The zero-order valence-electron chi connectivity index (χ0n) is 5.52. The van der Waals surface area contributed by atoms with Gasteiger partial charge in [-0.1, -0.05) is 0 Å². The van der Waals surface area contributed by atoms with Crippen LogP contribution in [0.25, 0.3) is 0 Å². The molecule has 1 heterocycles. The van der Waals surface area contributed by atoms with Gasteiger partial charge in [-0.2, -0.15) is 5.26 Å². The average Bonchev–Trinajstić information content (AvgIpc) is 2.15. The van der Waals surface area contributed by atoms with Gasteiger partial charge in [0.15, 0.2) is 0 Å². The molecular weight excluding hydrogens is 129 g/mol. The van der Waals surface area contributed by atoms with E-state index in [2.05, 4.69) is 11.9 Å². The van der Waals surface area contributed by atoms with Gasteiger partial charge in [0.1, 0.15) is 6.07 Å². The van der Waals surface area contributed by atoms with Crippen molar-refractivity contribution < 1.29 is 0 Å². The third kappa shape index (κ3) is 0.992. The van der Waals surface area contributed by atoms with Crippen LogP contribution >= 0.6 is 8.19 Å². The van der Waals surface area contributed by atoms with Crippen LogP contribution in [0.2, 0.25) is 0 Å². The number of hydrogen-bond acceptors (Lipinski definition) is 1. The molecule has 1 rings (SSSR count). The van der Waals surface area contributed by atoms with Crippen LogP contribution in [0.1, 0.15) is 16.4 Å². The highest BCUT2D eigenvalue weighted by Crippen LogP contribution is 2.23. The van der Waals surface area contributed by atoms with E-state index in [1.807, 2.05) is 13.8 Å². The van der Waals surface area contributed by atoms with Gasteiger partial charge in [0.2, 0.25) is 0 Å². The molecule has 0 spiro atoms. The molecule has 0 aliphatic carbocycles. The van der Waals surface area contributed by atoms with Crippen molar-refractivity contribution in [2.45, 2.75) is 13.8 Å². The lowest BCUT2D eigenvalue weighted by Gasteiger charge is -1.85. The fourth-order valence-corrected chi connectivity index (χ4v) is 1.77. The molecule has 0 fully saturated rings. The minimum atomic E-state index is 0.617. The molecule has 0 saturated carbocycles. The molecule has 0 radical (unpaired) electrons. The van der Waals surface area contributed by atoms with Gasteiger partial charge in [0.25, 0.3) is 0 Å². The predicted molar refractivity (Wildman–Crippen MR) is 40.1 cm³/mol. The quantitative estimate of drug-likeness (QED) is 0.537. The number of rotatable bonds is 0. The predicted octanol–water partition coefficient (Wildman–Crippen LogP) is 2.21. The second kappa shape index (κ2) is 2.25. The minimum absolute atomic E-state index is 0.617. The Hall–Kier alpha value is -0.730. The van der Waals surface area contributed by atoms with Crippen molar-refractivity contribution in [3.05, 3.63) is 22.2 Å². The lowest BCUT2D eigenvalue weighted by molar-refractivity contribution is 1.38. The first-order valence-corrected chi connectivity index (χ1v) is 3.88. The number of aryl methyl sites for hydroxylation is 1. The molecule has 2 heteroatoms. The summed E-state index contributed by atoms with van der Waals surface area (Å²) in [4.78, 5) is 0. The van der Waals surface area contributed by atoms with Crippen molar-refractivity contribution in [3.8, 4) is 6.07 Å². The zero-order valence-corrected chi connectivity index (χ0v) is 6.52. The van der Waals surface area contributed by atoms with E-state index in [0.29, 0.717) is 8.19 Å². The van der Waals surface area contributed by atoms with Crippen molar-refractivity contribution >= 4 is 8.19 Å². The first kappa shape index (κ1) is 6.39. The fourth-order valence-electron chi connectivity index (χ4n) is 0.710. The summed E-state index contributed by atoms with van der Waals surface area (Å²) in [6, 6.07) is 2.18. The lowest BCUT2D eigenvalue weighted by Crippen LogP contribution is -1.72. The second-order valence-electron chi connectivity index (χ2n) is 2.08. The van der Waals surface area contributed by atoms with E-state index in [-0.39, 0.29) is 0 Å². The maximum absolute atomic E-state index is 8.52. The summed E-state index contributed by atoms with van der Waals surface area (Å²) in [6.07, 6.45) is 0. The van der Waals surface area contributed by atoms with Gasteiger partial charge in [0.05, 0.1) is 5.30 Å². The van der Waals surface area contributed by atoms with Crippen LogP contribution in [-0.4, -0.2) is 0 Å². The highest BCUT2D eigenvalue weighted by Gasteiger charge is 1.98. The molecule has 0 bridgehead atoms. The van der Waals surface area contributed by atoms with Crippen molar-refractivity contribution in [2.75, 3.05) is 0 Å². The van der Waals surface area contributed by atoms with Crippen molar-refractivity contribution in [2.24, 2.45) is 0 Å². The van der Waals surface area contributed by atoms with Crippen LogP contribution in [-0.2, 0) is 0 Å². The minimum Gasteiger partial charge on any atom is -0.192 e. The van der Waals surface area contributed by atoms with E-state index in [9.17, 15) is 0 Å². The third-order valence-electron chi connectivity index (χ3n) is 1.51. The Morgan fingerprint density at radius 2 is 2.22 bits per heavy atom. The van der Waals surface area contributed by atoms with Crippen molar-refractivity contribution in [3.63, 3.8) is 0 Å². The highest BCUT2D eigenvalue weighted by atomic mass is 31.0. The Kier molecular flexibility index (Phi) is 1.60. The summed E-state index contributed by atoms with van der Waals surface area (Å²) in [6.45, 7) is 4.05. The van der Waals surface area contributed by atoms with E-state index >= 15 is 0 Å². The van der Waals surface area contributed by atoms with Gasteiger partial charge in [0, 0.05) is 0 Å². The Morgan fingerprint density at radius 1 is 1.56 bits per heavy atom. The Labute approximate surface area is 56.4 Å². The van der Waals surface area contributed by atoms with Gasteiger partial charge in [-0.25, -0.2) is 0 Å². The van der Waals surface area contributed by atoms with E-state index < -0.39 is 0 Å². The smallest absolute Gasteiger partial charge is 0.103 e. The molecule has 46 valence electrons. The molecule has 1 atom stereocenters. The summed E-state index contributed by atoms with van der Waals surface area (Å²) >= 11 is 0. The molecule has 0 amide bonds. The monoisotopic (exact) mass is 137 g/mol. The Balaban J connectivity index is 3.24. The maximum Gasteiger partial charge on any atom is 0.103 e. The van der Waals surface area contributed by atoms with Crippen LogP contribution in [0.3, 0.4) is 0 Å². The van der Waals surface area contributed by atoms with Gasteiger partial charge >= 0.3 is 0 Å². The molecule has 0 saturated heterocycles. The van der Waals surface area contributed by atoms with Crippen LogP contribution in [0.5, 0.6) is 0 Å². The first-order valence-electron chi connectivity index (χ1n) is 2.80. The van der Waals surface area contributed by atoms with Gasteiger partial charge < -0.3 is 0 Å². The molecule has 0 aromatic carbocycles. The topological polar surface area (TPSA) is 23.8 Å². The highest BCUT2D eigenvalue weighted by molar-refractivity contribution is 7.30. The SMILES string of the molecule is Cc1c[pH]c(C#N)c1C. The third-order valence-corrected chi connectivity index (χ3v) is 2.86. The van der Waals surface area contributed by atoms with Crippen LogP contribution in [0.15, 0.2) is 5.80 Å². The van der Waals surface area contributed by atoms with Gasteiger partial charge in [-0.05, 0) is 30.8 Å². The summed E-state index contributed by atoms with van der Waals surface area (Å²) in [7, 11) is 0.617. The van der Waals surface area contributed by atoms with Crippen LogP contribution < -0.4 is 0 Å². The molecule has 1 aromatic rings. The summed E-state index contributed by atoms with van der Waals surface area (Å²) in [5.74, 6) is 2.12. The Bertz CT molecular complexity index is 254. The number of hydrogen-bond donors (Lipinski definition) is 0. The van der Waals surface area contributed by atoms with Gasteiger partial charge in [-0.3, -0.25) is 0 Å². The summed E-state index contributed by atoms with van der Waals surface area (Å²) in [5, 5.41) is 9.47. The van der Waals surface area contributed by atoms with Crippen molar-refractivity contribution in [1.82, 2.24) is 0 Å². The molecule has 1 unspecified atom stereocenters. The molecule has 0 aliphatic rings. The first-order chi connectivity index (χ1) is 4.25. The van der Waals surface area contributed by atoms with Crippen LogP contribution in [0, 0.1) is 25.2 Å². The van der Waals surface area contributed by atoms with E-state index in [1.165, 1.54) is 11.1 Å². The summed E-state index contributed by atoms with van der Waals surface area (Å²) < 4.78 is 0. The van der Waals surface area contributed by atoms with E-state index in [4.69, 9.17) is 5.26 Å². The fraction of sp³-hybridized carbons (Fsp3) is 0.286.